The first-order valence-electron chi connectivity index (χ1n) is 10.5. The van der Waals surface area contributed by atoms with E-state index in [1.807, 2.05) is 0 Å². The molecule has 0 heteroatoms. The van der Waals surface area contributed by atoms with Gasteiger partial charge in [0.15, 0.2) is 0 Å². The molecule has 0 radical (unpaired) electrons. The number of rotatable bonds is 8. The molecule has 0 aliphatic heterocycles. The molecule has 2 unspecified atom stereocenters. The zero-order valence-corrected chi connectivity index (χ0v) is 15.4. The average Bonchev–Trinajstić information content (AvgIpc) is 2.58. The quantitative estimate of drug-likeness (QED) is 0.321. The van der Waals surface area contributed by atoms with Gasteiger partial charge < -0.3 is 0 Å². The van der Waals surface area contributed by atoms with Crippen molar-refractivity contribution in [2.45, 2.75) is 104 Å². The first-order valence-corrected chi connectivity index (χ1v) is 10.5. The molecule has 2 atom stereocenters. The summed E-state index contributed by atoms with van der Waals surface area (Å²) in [5.41, 5.74) is 0. The SMILES string of the molecule is CC/C=C/C1CCCCC1CCCCC1CCC(CC)CC1. The van der Waals surface area contributed by atoms with Gasteiger partial charge in [-0.05, 0) is 49.4 Å². The lowest BCUT2D eigenvalue weighted by Crippen LogP contribution is -2.18. The maximum Gasteiger partial charge on any atom is -0.0205 e. The summed E-state index contributed by atoms with van der Waals surface area (Å²) in [6.07, 6.45) is 25.6. The summed E-state index contributed by atoms with van der Waals surface area (Å²) >= 11 is 0. The second kappa shape index (κ2) is 10.5. The lowest BCUT2D eigenvalue weighted by Gasteiger charge is -2.30. The number of hydrogen-bond donors (Lipinski definition) is 0. The Morgan fingerprint density at radius 1 is 0.773 bits per heavy atom. The van der Waals surface area contributed by atoms with Gasteiger partial charge in [-0.15, -0.1) is 0 Å². The Morgan fingerprint density at radius 3 is 2.18 bits per heavy atom. The van der Waals surface area contributed by atoms with Crippen LogP contribution >= 0.6 is 0 Å². The molecule has 0 heterocycles. The van der Waals surface area contributed by atoms with Crippen LogP contribution in [-0.4, -0.2) is 0 Å². The highest BCUT2D eigenvalue weighted by Crippen LogP contribution is 2.36. The van der Waals surface area contributed by atoms with Crippen LogP contribution in [0.1, 0.15) is 104 Å². The second-order valence-corrected chi connectivity index (χ2v) is 8.12. The lowest BCUT2D eigenvalue weighted by atomic mass is 9.75. The minimum Gasteiger partial charge on any atom is -0.0885 e. The number of unbranched alkanes of at least 4 members (excludes halogenated alkanes) is 1. The van der Waals surface area contributed by atoms with Gasteiger partial charge >= 0.3 is 0 Å². The second-order valence-electron chi connectivity index (χ2n) is 8.12. The van der Waals surface area contributed by atoms with E-state index >= 15 is 0 Å². The van der Waals surface area contributed by atoms with E-state index < -0.39 is 0 Å². The molecule has 2 aliphatic rings. The van der Waals surface area contributed by atoms with E-state index in [1.165, 1.54) is 89.9 Å². The van der Waals surface area contributed by atoms with E-state index in [9.17, 15) is 0 Å². The molecule has 0 bridgehead atoms. The molecular weight excluding hydrogens is 264 g/mol. The smallest absolute Gasteiger partial charge is 0.0205 e. The molecule has 0 N–H and O–H groups in total. The average molecular weight is 305 g/mol. The minimum absolute atomic E-state index is 0.911. The Bertz CT molecular complexity index is 295. The van der Waals surface area contributed by atoms with Crippen molar-refractivity contribution in [2.75, 3.05) is 0 Å². The molecular formula is C22H40. The van der Waals surface area contributed by atoms with E-state index in [0.717, 1.165) is 23.7 Å². The molecule has 2 aliphatic carbocycles. The van der Waals surface area contributed by atoms with E-state index in [-0.39, 0.29) is 0 Å². The predicted molar refractivity (Wildman–Crippen MR) is 99.1 cm³/mol. The van der Waals surface area contributed by atoms with Crippen molar-refractivity contribution in [3.05, 3.63) is 12.2 Å². The van der Waals surface area contributed by atoms with Crippen LogP contribution < -0.4 is 0 Å². The molecule has 22 heavy (non-hydrogen) atoms. The van der Waals surface area contributed by atoms with Crippen molar-refractivity contribution in [1.82, 2.24) is 0 Å². The fraction of sp³-hybridized carbons (Fsp3) is 0.909. The molecule has 0 spiro atoms. The Balaban J connectivity index is 1.60. The Kier molecular flexibility index (Phi) is 8.63. The van der Waals surface area contributed by atoms with Crippen LogP contribution in [0.15, 0.2) is 12.2 Å². The summed E-state index contributed by atoms with van der Waals surface area (Å²) in [6, 6.07) is 0. The van der Waals surface area contributed by atoms with E-state index in [4.69, 9.17) is 0 Å². The Morgan fingerprint density at radius 2 is 1.45 bits per heavy atom. The highest BCUT2D eigenvalue weighted by molar-refractivity contribution is 4.93. The molecule has 0 aromatic heterocycles. The zero-order chi connectivity index (χ0) is 15.6. The van der Waals surface area contributed by atoms with Gasteiger partial charge in [0.25, 0.3) is 0 Å². The van der Waals surface area contributed by atoms with Crippen LogP contribution in [0, 0.1) is 23.7 Å². The monoisotopic (exact) mass is 304 g/mol. The molecule has 128 valence electrons. The summed E-state index contributed by atoms with van der Waals surface area (Å²) in [6.45, 7) is 4.64. The fourth-order valence-corrected chi connectivity index (χ4v) is 4.93. The van der Waals surface area contributed by atoms with E-state index in [0.29, 0.717) is 0 Å². The van der Waals surface area contributed by atoms with Crippen molar-refractivity contribution >= 4 is 0 Å². The van der Waals surface area contributed by atoms with Crippen molar-refractivity contribution in [2.24, 2.45) is 23.7 Å². The fourth-order valence-electron chi connectivity index (χ4n) is 4.93. The third kappa shape index (κ3) is 6.09. The first kappa shape index (κ1) is 18.1. The molecule has 0 saturated heterocycles. The standard InChI is InChI=1S/C22H40/c1-3-5-11-21-13-8-9-14-22(21)12-7-6-10-20-17-15-19(4-2)16-18-20/h5,11,19-22H,3-4,6-10,12-18H2,1-2H3/b11-5+. The van der Waals surface area contributed by atoms with Gasteiger partial charge in [-0.25, -0.2) is 0 Å². The Labute approximate surface area is 140 Å². The zero-order valence-electron chi connectivity index (χ0n) is 15.4. The van der Waals surface area contributed by atoms with Gasteiger partial charge in [0, 0.05) is 0 Å². The molecule has 0 aromatic carbocycles. The molecule has 2 rings (SSSR count). The number of allylic oxidation sites excluding steroid dienone is 2. The van der Waals surface area contributed by atoms with Gasteiger partial charge in [0.05, 0.1) is 0 Å². The summed E-state index contributed by atoms with van der Waals surface area (Å²) in [5, 5.41) is 0. The van der Waals surface area contributed by atoms with Crippen molar-refractivity contribution < 1.29 is 0 Å². The van der Waals surface area contributed by atoms with E-state index in [1.54, 1.807) is 0 Å². The highest BCUT2D eigenvalue weighted by Gasteiger charge is 2.23. The largest absolute Gasteiger partial charge is 0.0885 e. The topological polar surface area (TPSA) is 0 Å². The maximum absolute atomic E-state index is 2.55. The molecule has 0 nitrogen and oxygen atoms in total. The normalized spacial score (nSPS) is 33.4. The lowest BCUT2D eigenvalue weighted by molar-refractivity contribution is 0.239. The van der Waals surface area contributed by atoms with Crippen LogP contribution in [-0.2, 0) is 0 Å². The predicted octanol–water partition coefficient (Wildman–Crippen LogP) is 7.54. The molecule has 0 amide bonds. The van der Waals surface area contributed by atoms with Crippen LogP contribution in [0.25, 0.3) is 0 Å². The van der Waals surface area contributed by atoms with Crippen molar-refractivity contribution in [3.8, 4) is 0 Å². The number of hydrogen-bond acceptors (Lipinski definition) is 0. The molecule has 0 aromatic rings. The maximum atomic E-state index is 2.55. The van der Waals surface area contributed by atoms with Crippen LogP contribution in [0.5, 0.6) is 0 Å². The van der Waals surface area contributed by atoms with Crippen molar-refractivity contribution in [3.63, 3.8) is 0 Å². The van der Waals surface area contributed by atoms with Crippen LogP contribution in [0.2, 0.25) is 0 Å². The molecule has 2 saturated carbocycles. The summed E-state index contributed by atoms with van der Waals surface area (Å²) in [5.74, 6) is 4.05. The Hall–Kier alpha value is -0.260. The van der Waals surface area contributed by atoms with Gasteiger partial charge in [-0.3, -0.25) is 0 Å². The van der Waals surface area contributed by atoms with Gasteiger partial charge in [0.2, 0.25) is 0 Å². The van der Waals surface area contributed by atoms with Crippen molar-refractivity contribution in [1.29, 1.82) is 0 Å². The van der Waals surface area contributed by atoms with Gasteiger partial charge in [-0.1, -0.05) is 90.2 Å². The minimum atomic E-state index is 0.911. The molecule has 2 fully saturated rings. The highest BCUT2D eigenvalue weighted by atomic mass is 14.3. The van der Waals surface area contributed by atoms with Gasteiger partial charge in [0.1, 0.15) is 0 Å². The third-order valence-electron chi connectivity index (χ3n) is 6.57. The third-order valence-corrected chi connectivity index (χ3v) is 6.57. The summed E-state index contributed by atoms with van der Waals surface area (Å²) < 4.78 is 0. The first-order chi connectivity index (χ1) is 10.8. The van der Waals surface area contributed by atoms with Crippen LogP contribution in [0.4, 0.5) is 0 Å². The summed E-state index contributed by atoms with van der Waals surface area (Å²) in [4.78, 5) is 0. The van der Waals surface area contributed by atoms with E-state index in [2.05, 4.69) is 26.0 Å². The van der Waals surface area contributed by atoms with Crippen LogP contribution in [0.3, 0.4) is 0 Å². The van der Waals surface area contributed by atoms with Gasteiger partial charge in [-0.2, -0.15) is 0 Å². The summed E-state index contributed by atoms with van der Waals surface area (Å²) in [7, 11) is 0.